The second-order valence-corrected chi connectivity index (χ2v) is 5.64. The first-order valence-electron chi connectivity index (χ1n) is 8.13. The minimum Gasteiger partial charge on any atom is -0.494 e. The highest BCUT2D eigenvalue weighted by Gasteiger charge is 2.25. The quantitative estimate of drug-likeness (QED) is 0.934. The SMILES string of the molecule is CCOc1ccc(C(=O)N2CCN(C(=O)c3cc[nH]c3)CC2)cc1. The van der Waals surface area contributed by atoms with E-state index in [1.165, 1.54) is 0 Å². The molecule has 24 heavy (non-hydrogen) atoms. The van der Waals surface area contributed by atoms with Crippen molar-refractivity contribution < 1.29 is 14.3 Å². The number of H-pyrrole nitrogens is 1. The van der Waals surface area contributed by atoms with Crippen LogP contribution in [0.2, 0.25) is 0 Å². The van der Waals surface area contributed by atoms with Gasteiger partial charge in [-0.3, -0.25) is 9.59 Å². The summed E-state index contributed by atoms with van der Waals surface area (Å²) in [5.41, 5.74) is 1.30. The highest BCUT2D eigenvalue weighted by molar-refractivity contribution is 5.96. The fourth-order valence-electron chi connectivity index (χ4n) is 2.80. The van der Waals surface area contributed by atoms with Gasteiger partial charge >= 0.3 is 0 Å². The summed E-state index contributed by atoms with van der Waals surface area (Å²) in [6.07, 6.45) is 3.43. The summed E-state index contributed by atoms with van der Waals surface area (Å²) in [4.78, 5) is 31.3. The third-order valence-electron chi connectivity index (χ3n) is 4.11. The van der Waals surface area contributed by atoms with Crippen molar-refractivity contribution in [3.8, 4) is 5.75 Å². The number of carbonyl (C=O) groups excluding carboxylic acids is 2. The molecule has 1 aromatic heterocycles. The van der Waals surface area contributed by atoms with Crippen LogP contribution < -0.4 is 4.74 Å². The van der Waals surface area contributed by atoms with Gasteiger partial charge in [0.25, 0.3) is 11.8 Å². The maximum atomic E-state index is 12.6. The number of aromatic nitrogens is 1. The van der Waals surface area contributed by atoms with Crippen molar-refractivity contribution >= 4 is 11.8 Å². The highest BCUT2D eigenvalue weighted by Crippen LogP contribution is 2.15. The van der Waals surface area contributed by atoms with E-state index in [9.17, 15) is 9.59 Å². The van der Waals surface area contributed by atoms with Gasteiger partial charge in [-0.2, -0.15) is 0 Å². The summed E-state index contributed by atoms with van der Waals surface area (Å²) in [5, 5.41) is 0. The number of ether oxygens (including phenoxy) is 1. The molecule has 6 heteroatoms. The van der Waals surface area contributed by atoms with E-state index < -0.39 is 0 Å². The smallest absolute Gasteiger partial charge is 0.255 e. The highest BCUT2D eigenvalue weighted by atomic mass is 16.5. The van der Waals surface area contributed by atoms with Crippen molar-refractivity contribution in [1.82, 2.24) is 14.8 Å². The van der Waals surface area contributed by atoms with Crippen molar-refractivity contribution in [2.75, 3.05) is 32.8 Å². The van der Waals surface area contributed by atoms with Crippen molar-refractivity contribution in [1.29, 1.82) is 0 Å². The van der Waals surface area contributed by atoms with E-state index in [0.717, 1.165) is 5.75 Å². The molecule has 0 saturated carbocycles. The second-order valence-electron chi connectivity index (χ2n) is 5.64. The minimum absolute atomic E-state index is 0.00409. The lowest BCUT2D eigenvalue weighted by Gasteiger charge is -2.34. The number of amides is 2. The van der Waals surface area contributed by atoms with Gasteiger partial charge in [0.05, 0.1) is 12.2 Å². The molecule has 0 aliphatic carbocycles. The standard InChI is InChI=1S/C18H21N3O3/c1-2-24-16-5-3-14(4-6-16)17(22)20-9-11-21(12-10-20)18(23)15-7-8-19-13-15/h3-8,13,19H,2,9-12H2,1H3. The number of aromatic amines is 1. The van der Waals surface area contributed by atoms with E-state index in [0.29, 0.717) is 43.9 Å². The zero-order valence-corrected chi connectivity index (χ0v) is 13.7. The lowest BCUT2D eigenvalue weighted by Crippen LogP contribution is -2.50. The summed E-state index contributed by atoms with van der Waals surface area (Å²) in [7, 11) is 0. The molecule has 3 rings (SSSR count). The van der Waals surface area contributed by atoms with Crippen molar-refractivity contribution in [3.05, 3.63) is 53.9 Å². The van der Waals surface area contributed by atoms with E-state index in [4.69, 9.17) is 4.74 Å². The molecule has 2 amide bonds. The number of hydrogen-bond donors (Lipinski definition) is 1. The molecule has 1 aliphatic heterocycles. The molecule has 1 saturated heterocycles. The Hall–Kier alpha value is -2.76. The molecule has 0 bridgehead atoms. The van der Waals surface area contributed by atoms with Crippen LogP contribution in [-0.4, -0.2) is 59.4 Å². The number of rotatable bonds is 4. The first-order valence-corrected chi connectivity index (χ1v) is 8.13. The van der Waals surface area contributed by atoms with E-state index >= 15 is 0 Å². The largest absolute Gasteiger partial charge is 0.494 e. The normalized spacial score (nSPS) is 14.5. The number of nitrogens with zero attached hydrogens (tertiary/aromatic N) is 2. The molecule has 2 aromatic rings. The fraction of sp³-hybridized carbons (Fsp3) is 0.333. The van der Waals surface area contributed by atoms with E-state index in [-0.39, 0.29) is 11.8 Å². The lowest BCUT2D eigenvalue weighted by atomic mass is 10.1. The number of nitrogens with one attached hydrogen (secondary N) is 1. The van der Waals surface area contributed by atoms with Gasteiger partial charge in [-0.1, -0.05) is 0 Å². The van der Waals surface area contributed by atoms with Crippen molar-refractivity contribution in [2.24, 2.45) is 0 Å². The topological polar surface area (TPSA) is 65.6 Å². The molecule has 0 atom stereocenters. The van der Waals surface area contributed by atoms with E-state index in [1.807, 2.05) is 19.1 Å². The molecule has 126 valence electrons. The second kappa shape index (κ2) is 7.21. The van der Waals surface area contributed by atoms with Crippen LogP contribution in [0.15, 0.2) is 42.7 Å². The van der Waals surface area contributed by atoms with Crippen molar-refractivity contribution in [3.63, 3.8) is 0 Å². The van der Waals surface area contributed by atoms with Crippen LogP contribution >= 0.6 is 0 Å². The first-order chi connectivity index (χ1) is 11.7. The molecule has 0 radical (unpaired) electrons. The molecular weight excluding hydrogens is 306 g/mol. The molecule has 1 fully saturated rings. The zero-order chi connectivity index (χ0) is 16.9. The summed E-state index contributed by atoms with van der Waals surface area (Å²) >= 11 is 0. The fourth-order valence-corrected chi connectivity index (χ4v) is 2.80. The number of benzene rings is 1. The molecule has 0 spiro atoms. The van der Waals surface area contributed by atoms with Crippen LogP contribution in [0.3, 0.4) is 0 Å². The Morgan fingerprint density at radius 2 is 1.54 bits per heavy atom. The van der Waals surface area contributed by atoms with Crippen LogP contribution in [0.4, 0.5) is 0 Å². The van der Waals surface area contributed by atoms with Crippen LogP contribution in [0.5, 0.6) is 5.75 Å². The summed E-state index contributed by atoms with van der Waals surface area (Å²) in [6.45, 7) is 4.71. The molecule has 1 aliphatic rings. The summed E-state index contributed by atoms with van der Waals surface area (Å²) in [5.74, 6) is 0.757. The van der Waals surface area contributed by atoms with E-state index in [1.54, 1.807) is 40.4 Å². The maximum Gasteiger partial charge on any atom is 0.255 e. The lowest BCUT2D eigenvalue weighted by molar-refractivity contribution is 0.0535. The van der Waals surface area contributed by atoms with Crippen LogP contribution in [0.1, 0.15) is 27.6 Å². The molecule has 2 heterocycles. The Balaban J connectivity index is 1.57. The summed E-state index contributed by atoms with van der Waals surface area (Å²) in [6, 6.07) is 8.94. The Morgan fingerprint density at radius 1 is 0.958 bits per heavy atom. The Kier molecular flexibility index (Phi) is 4.84. The predicted octanol–water partition coefficient (Wildman–Crippen LogP) is 2.01. The number of carbonyl (C=O) groups is 2. The average Bonchev–Trinajstić information content (AvgIpc) is 3.16. The molecule has 0 unspecified atom stereocenters. The van der Waals surface area contributed by atoms with Gasteiger partial charge in [0.2, 0.25) is 0 Å². The minimum atomic E-state index is -0.00760. The Bertz CT molecular complexity index is 687. The Labute approximate surface area is 141 Å². The van der Waals surface area contributed by atoms with Gasteiger partial charge in [-0.25, -0.2) is 0 Å². The van der Waals surface area contributed by atoms with Gasteiger partial charge in [-0.05, 0) is 37.3 Å². The number of piperazine rings is 1. The molecular formula is C18H21N3O3. The molecule has 1 N–H and O–H groups in total. The van der Waals surface area contributed by atoms with Gasteiger partial charge < -0.3 is 19.5 Å². The first kappa shape index (κ1) is 16.1. The van der Waals surface area contributed by atoms with Crippen molar-refractivity contribution in [2.45, 2.75) is 6.92 Å². The van der Waals surface area contributed by atoms with Gasteiger partial charge in [-0.15, -0.1) is 0 Å². The third kappa shape index (κ3) is 3.42. The maximum absolute atomic E-state index is 12.6. The van der Waals surface area contributed by atoms with Crippen LogP contribution in [0.25, 0.3) is 0 Å². The van der Waals surface area contributed by atoms with Gasteiger partial charge in [0, 0.05) is 44.1 Å². The zero-order valence-electron chi connectivity index (χ0n) is 13.7. The molecule has 6 nitrogen and oxygen atoms in total. The number of hydrogen-bond acceptors (Lipinski definition) is 3. The van der Waals surface area contributed by atoms with E-state index in [2.05, 4.69) is 4.98 Å². The van der Waals surface area contributed by atoms with Crippen LogP contribution in [-0.2, 0) is 0 Å². The third-order valence-corrected chi connectivity index (χ3v) is 4.11. The van der Waals surface area contributed by atoms with Gasteiger partial charge in [0.1, 0.15) is 5.75 Å². The van der Waals surface area contributed by atoms with Crippen LogP contribution in [0, 0.1) is 0 Å². The molecule has 1 aromatic carbocycles. The predicted molar refractivity (Wildman–Crippen MR) is 90.2 cm³/mol. The monoisotopic (exact) mass is 327 g/mol. The van der Waals surface area contributed by atoms with Gasteiger partial charge in [0.15, 0.2) is 0 Å². The Morgan fingerprint density at radius 3 is 2.04 bits per heavy atom. The summed E-state index contributed by atoms with van der Waals surface area (Å²) < 4.78 is 5.39. The average molecular weight is 327 g/mol.